The van der Waals surface area contributed by atoms with Crippen LogP contribution < -0.4 is 11.3 Å². The van der Waals surface area contributed by atoms with Crippen molar-refractivity contribution in [3.8, 4) is 0 Å². The summed E-state index contributed by atoms with van der Waals surface area (Å²) in [6, 6.07) is 7.95. The molecule has 5 heteroatoms. The third-order valence-corrected chi connectivity index (χ3v) is 4.33. The number of nitrogens with one attached hydrogen (secondary N) is 1. The molecule has 0 unspecified atom stereocenters. The van der Waals surface area contributed by atoms with E-state index in [2.05, 4.69) is 33.3 Å². The summed E-state index contributed by atoms with van der Waals surface area (Å²) in [4.78, 5) is 14.5. The fourth-order valence-electron chi connectivity index (χ4n) is 2.55. The molecule has 2 rings (SSSR count). The molecule has 0 saturated carbocycles. The van der Waals surface area contributed by atoms with Crippen LogP contribution in [0.15, 0.2) is 28.7 Å². The molecular formula is C13H18BrN3O. The number of carbonyl (C=O) groups excluding carboxylic acids is 1. The molecular weight excluding hydrogens is 294 g/mol. The fraction of sp³-hybridized carbons (Fsp3) is 0.462. The molecule has 1 aliphatic rings. The minimum Gasteiger partial charge on any atom is -0.306 e. The van der Waals surface area contributed by atoms with Crippen LogP contribution >= 0.6 is 15.9 Å². The number of hydrogen-bond donors (Lipinski definition) is 2. The van der Waals surface area contributed by atoms with Crippen LogP contribution in [-0.4, -0.2) is 30.9 Å². The highest BCUT2D eigenvalue weighted by Crippen LogP contribution is 2.35. The zero-order valence-corrected chi connectivity index (χ0v) is 12.0. The van der Waals surface area contributed by atoms with E-state index >= 15 is 0 Å². The number of benzene rings is 1. The van der Waals surface area contributed by atoms with E-state index in [0.29, 0.717) is 0 Å². The fourth-order valence-corrected chi connectivity index (χ4v) is 2.82. The second-order valence-corrected chi connectivity index (χ2v) is 5.78. The molecule has 0 aromatic heterocycles. The van der Waals surface area contributed by atoms with E-state index in [9.17, 15) is 4.79 Å². The smallest absolute Gasteiger partial charge is 0.244 e. The molecule has 1 heterocycles. The number of piperidine rings is 1. The number of amides is 1. The number of nitrogens with zero attached hydrogens (tertiary/aromatic N) is 1. The Labute approximate surface area is 116 Å². The van der Waals surface area contributed by atoms with Crippen LogP contribution in [0.25, 0.3) is 0 Å². The van der Waals surface area contributed by atoms with Crippen LogP contribution in [-0.2, 0) is 10.2 Å². The van der Waals surface area contributed by atoms with E-state index < -0.39 is 5.41 Å². The van der Waals surface area contributed by atoms with Gasteiger partial charge in [0.25, 0.3) is 0 Å². The number of hydrazine groups is 1. The molecule has 0 aliphatic carbocycles. The lowest BCUT2D eigenvalue weighted by atomic mass is 9.72. The normalized spacial score (nSPS) is 19.5. The summed E-state index contributed by atoms with van der Waals surface area (Å²) in [6.07, 6.45) is 1.60. The van der Waals surface area contributed by atoms with Gasteiger partial charge in [-0.25, -0.2) is 5.84 Å². The zero-order valence-electron chi connectivity index (χ0n) is 10.4. The van der Waals surface area contributed by atoms with Crippen molar-refractivity contribution in [2.75, 3.05) is 20.1 Å². The van der Waals surface area contributed by atoms with Crippen LogP contribution in [0.4, 0.5) is 0 Å². The third kappa shape index (κ3) is 2.43. The number of hydrogen-bond acceptors (Lipinski definition) is 3. The standard InChI is InChI=1S/C13H18BrN3O/c1-17-8-6-13(7-9-17,12(18)16-15)10-2-4-11(14)5-3-10/h2-5H,6-9,15H2,1H3,(H,16,18). The summed E-state index contributed by atoms with van der Waals surface area (Å²) in [7, 11) is 2.08. The van der Waals surface area contributed by atoms with Crippen molar-refractivity contribution in [2.24, 2.45) is 5.84 Å². The van der Waals surface area contributed by atoms with Crippen LogP contribution in [0.1, 0.15) is 18.4 Å². The van der Waals surface area contributed by atoms with Gasteiger partial charge in [0, 0.05) is 4.47 Å². The Morgan fingerprint density at radius 3 is 2.39 bits per heavy atom. The molecule has 1 saturated heterocycles. The van der Waals surface area contributed by atoms with Crippen LogP contribution in [0, 0.1) is 0 Å². The van der Waals surface area contributed by atoms with Gasteiger partial charge >= 0.3 is 0 Å². The highest BCUT2D eigenvalue weighted by atomic mass is 79.9. The monoisotopic (exact) mass is 311 g/mol. The third-order valence-electron chi connectivity index (χ3n) is 3.80. The van der Waals surface area contributed by atoms with Gasteiger partial charge in [0.1, 0.15) is 0 Å². The first-order valence-corrected chi connectivity index (χ1v) is 6.83. The molecule has 0 bridgehead atoms. The number of nitrogens with two attached hydrogens (primary N) is 1. The highest BCUT2D eigenvalue weighted by Gasteiger charge is 2.41. The van der Waals surface area contributed by atoms with E-state index in [0.717, 1.165) is 36.0 Å². The quantitative estimate of drug-likeness (QED) is 0.493. The van der Waals surface area contributed by atoms with Crippen molar-refractivity contribution >= 4 is 21.8 Å². The van der Waals surface area contributed by atoms with Gasteiger partial charge in [0.05, 0.1) is 5.41 Å². The average molecular weight is 312 g/mol. The van der Waals surface area contributed by atoms with Crippen molar-refractivity contribution in [1.29, 1.82) is 0 Å². The molecule has 1 amide bonds. The van der Waals surface area contributed by atoms with Crippen LogP contribution in [0.2, 0.25) is 0 Å². The molecule has 3 N–H and O–H groups in total. The van der Waals surface area contributed by atoms with E-state index in [1.165, 1.54) is 0 Å². The van der Waals surface area contributed by atoms with Gasteiger partial charge in [0.15, 0.2) is 0 Å². The first-order valence-electron chi connectivity index (χ1n) is 6.04. The predicted molar refractivity (Wildman–Crippen MR) is 74.9 cm³/mol. The number of rotatable bonds is 2. The molecule has 0 spiro atoms. The van der Waals surface area contributed by atoms with Gasteiger partial charge in [-0.15, -0.1) is 0 Å². The number of carbonyl (C=O) groups is 1. The van der Waals surface area contributed by atoms with E-state index in [1.807, 2.05) is 24.3 Å². The van der Waals surface area contributed by atoms with Crippen molar-refractivity contribution in [3.63, 3.8) is 0 Å². The predicted octanol–water partition coefficient (Wildman–Crippen LogP) is 1.40. The van der Waals surface area contributed by atoms with Crippen molar-refractivity contribution < 1.29 is 4.79 Å². The zero-order chi connectivity index (χ0) is 13.2. The molecule has 0 radical (unpaired) electrons. The SMILES string of the molecule is CN1CCC(C(=O)NN)(c2ccc(Br)cc2)CC1. The minimum atomic E-state index is -0.484. The van der Waals surface area contributed by atoms with Gasteiger partial charge in [-0.05, 0) is 50.7 Å². The molecule has 98 valence electrons. The second kappa shape index (κ2) is 5.38. The molecule has 1 aromatic carbocycles. The lowest BCUT2D eigenvalue weighted by molar-refractivity contribution is -0.128. The number of likely N-dealkylation sites (tertiary alicyclic amines) is 1. The maximum absolute atomic E-state index is 12.2. The van der Waals surface area contributed by atoms with E-state index in [-0.39, 0.29) is 5.91 Å². The van der Waals surface area contributed by atoms with Gasteiger partial charge in [-0.3, -0.25) is 10.2 Å². The molecule has 18 heavy (non-hydrogen) atoms. The maximum atomic E-state index is 12.2. The van der Waals surface area contributed by atoms with E-state index in [1.54, 1.807) is 0 Å². The first kappa shape index (κ1) is 13.5. The topological polar surface area (TPSA) is 58.4 Å². The summed E-state index contributed by atoms with van der Waals surface area (Å²) in [5.74, 6) is 5.28. The van der Waals surface area contributed by atoms with Gasteiger partial charge in [-0.1, -0.05) is 28.1 Å². The molecule has 1 aliphatic heterocycles. The summed E-state index contributed by atoms with van der Waals surface area (Å²) in [5.41, 5.74) is 2.89. The highest BCUT2D eigenvalue weighted by molar-refractivity contribution is 9.10. The van der Waals surface area contributed by atoms with Gasteiger partial charge in [0.2, 0.25) is 5.91 Å². The summed E-state index contributed by atoms with van der Waals surface area (Å²) >= 11 is 3.42. The Bertz CT molecular complexity index is 424. The largest absolute Gasteiger partial charge is 0.306 e. The molecule has 1 fully saturated rings. The minimum absolute atomic E-state index is 0.0853. The van der Waals surface area contributed by atoms with Gasteiger partial charge in [-0.2, -0.15) is 0 Å². The van der Waals surface area contributed by atoms with Crippen molar-refractivity contribution in [3.05, 3.63) is 34.3 Å². The first-order chi connectivity index (χ1) is 8.58. The lowest BCUT2D eigenvalue weighted by Gasteiger charge is -2.39. The molecule has 1 aromatic rings. The Morgan fingerprint density at radius 1 is 1.33 bits per heavy atom. The second-order valence-electron chi connectivity index (χ2n) is 4.87. The summed E-state index contributed by atoms with van der Waals surface area (Å²) in [5, 5.41) is 0. The van der Waals surface area contributed by atoms with Gasteiger partial charge < -0.3 is 4.90 Å². The summed E-state index contributed by atoms with van der Waals surface area (Å²) < 4.78 is 1.02. The Kier molecular flexibility index (Phi) is 4.04. The maximum Gasteiger partial charge on any atom is 0.244 e. The van der Waals surface area contributed by atoms with Crippen molar-refractivity contribution in [1.82, 2.24) is 10.3 Å². The average Bonchev–Trinajstić information content (AvgIpc) is 2.40. The van der Waals surface area contributed by atoms with E-state index in [4.69, 9.17) is 5.84 Å². The number of halogens is 1. The molecule has 0 atom stereocenters. The lowest BCUT2D eigenvalue weighted by Crippen LogP contribution is -2.52. The van der Waals surface area contributed by atoms with Crippen LogP contribution in [0.3, 0.4) is 0 Å². The van der Waals surface area contributed by atoms with Crippen molar-refractivity contribution in [2.45, 2.75) is 18.3 Å². The van der Waals surface area contributed by atoms with Crippen LogP contribution in [0.5, 0.6) is 0 Å². The Balaban J connectivity index is 2.36. The Hall–Kier alpha value is -0.910. The summed E-state index contributed by atoms with van der Waals surface area (Å²) in [6.45, 7) is 1.81. The molecule has 4 nitrogen and oxygen atoms in total. The Morgan fingerprint density at radius 2 is 1.89 bits per heavy atom.